The Hall–Kier alpha value is -3.68. The fourth-order valence-corrected chi connectivity index (χ4v) is 3.50. The van der Waals surface area contributed by atoms with Gasteiger partial charge in [-0.15, -0.1) is 0 Å². The molecule has 0 aliphatic rings. The first-order valence-corrected chi connectivity index (χ1v) is 9.49. The number of furan rings is 1. The lowest BCUT2D eigenvalue weighted by atomic mass is 10.0. The number of rotatable bonds is 4. The van der Waals surface area contributed by atoms with Gasteiger partial charge in [0.05, 0.1) is 13.2 Å². The number of nitrogens with zero attached hydrogens (tertiary/aromatic N) is 2. The van der Waals surface area contributed by atoms with Crippen molar-refractivity contribution < 1.29 is 18.4 Å². The summed E-state index contributed by atoms with van der Waals surface area (Å²) in [7, 11) is 0. The van der Waals surface area contributed by atoms with Crippen LogP contribution in [-0.2, 0) is 11.3 Å². The van der Waals surface area contributed by atoms with Crippen molar-refractivity contribution in [3.63, 3.8) is 0 Å². The minimum Gasteiger partial charge on any atom is -0.462 e. The molecule has 0 atom stereocenters. The van der Waals surface area contributed by atoms with Gasteiger partial charge in [0.15, 0.2) is 0 Å². The Morgan fingerprint density at radius 3 is 2.57 bits per heavy atom. The highest BCUT2D eigenvalue weighted by Gasteiger charge is 2.24. The van der Waals surface area contributed by atoms with E-state index in [1.54, 1.807) is 19.9 Å². The maximum absolute atomic E-state index is 13.2. The van der Waals surface area contributed by atoms with Crippen molar-refractivity contribution in [1.82, 2.24) is 9.55 Å². The molecule has 0 bridgehead atoms. The molecule has 0 N–H and O–H groups in total. The number of ether oxygens (including phenoxy) is 1. The zero-order chi connectivity index (χ0) is 21.6. The van der Waals surface area contributed by atoms with Gasteiger partial charge < -0.3 is 13.6 Å². The number of fused-ring (bicyclic) bond motifs is 2. The molecule has 0 aliphatic carbocycles. The van der Waals surface area contributed by atoms with E-state index in [9.17, 15) is 14.4 Å². The van der Waals surface area contributed by atoms with Gasteiger partial charge in [-0.1, -0.05) is 0 Å². The number of aryl methyl sites for hydroxylation is 3. The van der Waals surface area contributed by atoms with E-state index in [0.29, 0.717) is 11.1 Å². The highest BCUT2D eigenvalue weighted by atomic mass is 16.5. The molecule has 3 heterocycles. The number of hydrogen-bond acceptors (Lipinski definition) is 7. The molecule has 0 radical (unpaired) electrons. The molecule has 8 heteroatoms. The number of benzene rings is 1. The fourth-order valence-electron chi connectivity index (χ4n) is 3.50. The fraction of sp³-hybridized carbons (Fsp3) is 0.273. The van der Waals surface area contributed by atoms with Crippen LogP contribution in [0.25, 0.3) is 22.1 Å². The molecule has 0 saturated carbocycles. The summed E-state index contributed by atoms with van der Waals surface area (Å²) in [4.78, 5) is 41.8. The largest absolute Gasteiger partial charge is 0.462 e. The molecular formula is C22H20N2O6. The highest BCUT2D eigenvalue weighted by Crippen LogP contribution is 2.24. The number of aromatic nitrogens is 2. The van der Waals surface area contributed by atoms with Crippen molar-refractivity contribution in [3.8, 4) is 0 Å². The van der Waals surface area contributed by atoms with Crippen molar-refractivity contribution in [2.24, 2.45) is 0 Å². The molecule has 0 saturated heterocycles. The molecule has 3 aromatic heterocycles. The molecule has 1 aromatic carbocycles. The molecule has 30 heavy (non-hydrogen) atoms. The van der Waals surface area contributed by atoms with Gasteiger partial charge in [0, 0.05) is 11.5 Å². The Balaban J connectivity index is 1.90. The average Bonchev–Trinajstić information content (AvgIpc) is 3.02. The summed E-state index contributed by atoms with van der Waals surface area (Å²) in [6, 6.07) is 5.09. The third kappa shape index (κ3) is 3.20. The van der Waals surface area contributed by atoms with Crippen LogP contribution < -0.4 is 11.2 Å². The lowest BCUT2D eigenvalue weighted by Crippen LogP contribution is -2.23. The third-order valence-corrected chi connectivity index (χ3v) is 5.12. The second kappa shape index (κ2) is 7.29. The van der Waals surface area contributed by atoms with E-state index < -0.39 is 17.2 Å². The lowest BCUT2D eigenvalue weighted by molar-refractivity contribution is 0.0526. The van der Waals surface area contributed by atoms with Crippen LogP contribution >= 0.6 is 0 Å². The van der Waals surface area contributed by atoms with E-state index in [2.05, 4.69) is 4.98 Å². The van der Waals surface area contributed by atoms with Gasteiger partial charge in [0.1, 0.15) is 28.6 Å². The molecule has 154 valence electrons. The second-order valence-electron chi connectivity index (χ2n) is 7.13. The van der Waals surface area contributed by atoms with Crippen molar-refractivity contribution in [3.05, 3.63) is 73.3 Å². The molecule has 0 spiro atoms. The van der Waals surface area contributed by atoms with Gasteiger partial charge in [-0.3, -0.25) is 9.36 Å². The molecule has 0 aliphatic heterocycles. The van der Waals surface area contributed by atoms with Gasteiger partial charge in [-0.05, 0) is 56.5 Å². The maximum atomic E-state index is 13.2. The lowest BCUT2D eigenvalue weighted by Gasteiger charge is -2.10. The minimum atomic E-state index is -0.637. The predicted octanol–water partition coefficient (Wildman–Crippen LogP) is 3.25. The van der Waals surface area contributed by atoms with Crippen LogP contribution in [0.4, 0.5) is 0 Å². The first-order chi connectivity index (χ1) is 14.3. The summed E-state index contributed by atoms with van der Waals surface area (Å²) in [6.07, 6.45) is 1.34. The van der Waals surface area contributed by atoms with Crippen molar-refractivity contribution in [2.45, 2.75) is 34.2 Å². The normalized spacial score (nSPS) is 11.3. The van der Waals surface area contributed by atoms with E-state index in [1.807, 2.05) is 19.9 Å². The first-order valence-electron chi connectivity index (χ1n) is 9.49. The molecule has 8 nitrogen and oxygen atoms in total. The Bertz CT molecular complexity index is 1420. The Kier molecular flexibility index (Phi) is 4.77. The van der Waals surface area contributed by atoms with Crippen LogP contribution in [0.3, 0.4) is 0 Å². The van der Waals surface area contributed by atoms with E-state index >= 15 is 0 Å². The van der Waals surface area contributed by atoms with Crippen LogP contribution in [0.2, 0.25) is 0 Å². The molecule has 4 rings (SSSR count). The summed E-state index contributed by atoms with van der Waals surface area (Å²) >= 11 is 0. The number of esters is 1. The van der Waals surface area contributed by atoms with Crippen molar-refractivity contribution in [2.75, 3.05) is 6.61 Å². The third-order valence-electron chi connectivity index (χ3n) is 5.12. The first kappa shape index (κ1) is 19.6. The molecule has 0 unspecified atom stereocenters. The topological polar surface area (TPSA) is 105 Å². The predicted molar refractivity (Wildman–Crippen MR) is 110 cm³/mol. The Morgan fingerprint density at radius 1 is 1.10 bits per heavy atom. The van der Waals surface area contributed by atoms with E-state index in [-0.39, 0.29) is 35.6 Å². The van der Waals surface area contributed by atoms with Gasteiger partial charge in [-0.25, -0.2) is 14.6 Å². The molecule has 0 amide bonds. The smallest absolute Gasteiger partial charge is 0.342 e. The Labute approximate surface area is 170 Å². The van der Waals surface area contributed by atoms with Crippen LogP contribution in [0.1, 0.15) is 39.7 Å². The van der Waals surface area contributed by atoms with Crippen molar-refractivity contribution in [1.29, 1.82) is 0 Å². The van der Waals surface area contributed by atoms with E-state index in [0.717, 1.165) is 16.5 Å². The second-order valence-corrected chi connectivity index (χ2v) is 7.13. The molecule has 0 fully saturated rings. The van der Waals surface area contributed by atoms with Gasteiger partial charge in [-0.2, -0.15) is 0 Å². The standard InChI is InChI=1S/C22H20N2O6/c1-5-28-22(27)18-13(4)29-20-19(18)21(26)24(10-23-20)9-14-8-17(25)30-16-7-12(3)11(2)6-15(14)16/h6-8,10H,5,9H2,1-4H3. The summed E-state index contributed by atoms with van der Waals surface area (Å²) in [6.45, 7) is 7.41. The zero-order valence-electron chi connectivity index (χ0n) is 17.1. The van der Waals surface area contributed by atoms with Gasteiger partial charge in [0.25, 0.3) is 5.56 Å². The average molecular weight is 408 g/mol. The monoisotopic (exact) mass is 408 g/mol. The Morgan fingerprint density at radius 2 is 1.83 bits per heavy atom. The number of carbonyl (C=O) groups is 1. The zero-order valence-corrected chi connectivity index (χ0v) is 17.1. The van der Waals surface area contributed by atoms with Crippen LogP contribution in [-0.4, -0.2) is 22.1 Å². The molecule has 4 aromatic rings. The summed E-state index contributed by atoms with van der Waals surface area (Å²) < 4.78 is 17.2. The van der Waals surface area contributed by atoms with Crippen LogP contribution in [0, 0.1) is 20.8 Å². The minimum absolute atomic E-state index is 0.0627. The van der Waals surface area contributed by atoms with E-state index in [4.69, 9.17) is 13.6 Å². The molecular weight excluding hydrogens is 388 g/mol. The SMILES string of the molecule is CCOC(=O)c1c(C)oc2ncn(Cc3cc(=O)oc4cc(C)c(C)cc34)c(=O)c12. The quantitative estimate of drug-likeness (QED) is 0.377. The maximum Gasteiger partial charge on any atom is 0.342 e. The van der Waals surface area contributed by atoms with Crippen LogP contribution in [0.5, 0.6) is 0 Å². The highest BCUT2D eigenvalue weighted by molar-refractivity contribution is 6.03. The van der Waals surface area contributed by atoms with Crippen molar-refractivity contribution >= 4 is 28.0 Å². The summed E-state index contributed by atoms with van der Waals surface area (Å²) in [5.74, 6) is -0.370. The number of hydrogen-bond donors (Lipinski definition) is 0. The van der Waals surface area contributed by atoms with Crippen LogP contribution in [0.15, 0.2) is 42.9 Å². The van der Waals surface area contributed by atoms with Gasteiger partial charge >= 0.3 is 11.6 Å². The van der Waals surface area contributed by atoms with E-state index in [1.165, 1.54) is 17.0 Å². The summed E-state index contributed by atoms with van der Waals surface area (Å²) in [5.41, 5.74) is 2.28. The number of carbonyl (C=O) groups excluding carboxylic acids is 1. The van der Waals surface area contributed by atoms with Gasteiger partial charge in [0.2, 0.25) is 5.71 Å². The summed E-state index contributed by atoms with van der Waals surface area (Å²) in [5, 5.41) is 0.798.